The number of nitrogens with two attached hydrogens (primary N) is 1. The van der Waals surface area contributed by atoms with E-state index in [0.29, 0.717) is 11.9 Å². The molecule has 1 aliphatic rings. The summed E-state index contributed by atoms with van der Waals surface area (Å²) in [6.45, 7) is 8.80. The summed E-state index contributed by atoms with van der Waals surface area (Å²) in [7, 11) is 2.17. The second kappa shape index (κ2) is 5.41. The standard InChI is InChI=1S/C18H25N5/c1-12-9-18(3,4)22(5)16-7-6-14(8-15(12)16)10-20-23-11-13(2)21-17(23)19/h6-8,10-12H,9H2,1-5H3,(H2,19,21). The van der Waals surface area contributed by atoms with Gasteiger partial charge in [0.05, 0.1) is 18.1 Å². The van der Waals surface area contributed by atoms with Crippen molar-refractivity contribution in [2.45, 2.75) is 45.6 Å². The van der Waals surface area contributed by atoms with Crippen LogP contribution in [0.15, 0.2) is 29.5 Å². The van der Waals surface area contributed by atoms with Crippen molar-refractivity contribution in [3.8, 4) is 0 Å². The van der Waals surface area contributed by atoms with Gasteiger partial charge in [0, 0.05) is 18.3 Å². The molecule has 0 spiro atoms. The van der Waals surface area contributed by atoms with Crippen LogP contribution in [0.4, 0.5) is 11.6 Å². The Kier molecular flexibility index (Phi) is 3.66. The first-order valence-electron chi connectivity index (χ1n) is 8.01. The van der Waals surface area contributed by atoms with Crippen molar-refractivity contribution in [2.24, 2.45) is 5.10 Å². The van der Waals surface area contributed by atoms with E-state index in [4.69, 9.17) is 5.73 Å². The molecule has 0 amide bonds. The zero-order valence-electron chi connectivity index (χ0n) is 14.5. The lowest BCUT2D eigenvalue weighted by molar-refractivity contribution is 0.395. The molecule has 1 aliphatic heterocycles. The van der Waals surface area contributed by atoms with Crippen LogP contribution >= 0.6 is 0 Å². The highest BCUT2D eigenvalue weighted by molar-refractivity contribution is 5.81. The molecule has 1 atom stereocenters. The van der Waals surface area contributed by atoms with Gasteiger partial charge in [-0.15, -0.1) is 0 Å². The highest BCUT2D eigenvalue weighted by Crippen LogP contribution is 2.42. The molecule has 122 valence electrons. The van der Waals surface area contributed by atoms with Gasteiger partial charge in [-0.05, 0) is 56.4 Å². The molecule has 2 aromatic rings. The van der Waals surface area contributed by atoms with Gasteiger partial charge in [0.15, 0.2) is 0 Å². The first-order valence-corrected chi connectivity index (χ1v) is 8.01. The highest BCUT2D eigenvalue weighted by atomic mass is 15.4. The first kappa shape index (κ1) is 15.6. The number of hydrogen-bond donors (Lipinski definition) is 1. The normalized spacial score (nSPS) is 20.0. The van der Waals surface area contributed by atoms with Gasteiger partial charge >= 0.3 is 0 Å². The molecule has 2 heterocycles. The Hall–Kier alpha value is -2.30. The molecule has 0 radical (unpaired) electrons. The summed E-state index contributed by atoms with van der Waals surface area (Å²) in [5.74, 6) is 0.941. The molecule has 5 nitrogen and oxygen atoms in total. The second-order valence-corrected chi connectivity index (χ2v) is 7.12. The van der Waals surface area contributed by atoms with Crippen LogP contribution in [0.5, 0.6) is 0 Å². The lowest BCUT2D eigenvalue weighted by Crippen LogP contribution is -2.45. The molecular weight excluding hydrogens is 286 g/mol. The molecule has 1 unspecified atom stereocenters. The molecule has 1 aromatic carbocycles. The van der Waals surface area contributed by atoms with Crippen molar-refractivity contribution in [2.75, 3.05) is 17.7 Å². The third-order valence-corrected chi connectivity index (χ3v) is 4.82. The fraction of sp³-hybridized carbons (Fsp3) is 0.444. The molecule has 0 bridgehead atoms. The van der Waals surface area contributed by atoms with E-state index in [1.54, 1.807) is 4.68 Å². The highest BCUT2D eigenvalue weighted by Gasteiger charge is 2.33. The largest absolute Gasteiger partial charge is 0.369 e. The van der Waals surface area contributed by atoms with Crippen LogP contribution in [0.2, 0.25) is 0 Å². The Morgan fingerprint density at radius 2 is 2.13 bits per heavy atom. The van der Waals surface area contributed by atoms with Gasteiger partial charge in [-0.25, -0.2) is 9.66 Å². The minimum absolute atomic E-state index is 0.185. The Morgan fingerprint density at radius 1 is 1.39 bits per heavy atom. The van der Waals surface area contributed by atoms with Crippen molar-refractivity contribution >= 4 is 17.9 Å². The number of nitrogens with zero attached hydrogens (tertiary/aromatic N) is 4. The minimum atomic E-state index is 0.185. The number of hydrogen-bond acceptors (Lipinski definition) is 4. The molecule has 0 saturated carbocycles. The van der Waals surface area contributed by atoms with Crippen LogP contribution in [-0.2, 0) is 0 Å². The summed E-state index contributed by atoms with van der Waals surface area (Å²) in [5, 5.41) is 4.41. The predicted molar refractivity (Wildman–Crippen MR) is 96.3 cm³/mol. The van der Waals surface area contributed by atoms with Crippen LogP contribution in [0.3, 0.4) is 0 Å². The van der Waals surface area contributed by atoms with Gasteiger partial charge in [0.2, 0.25) is 5.95 Å². The van der Waals surface area contributed by atoms with Gasteiger partial charge in [-0.2, -0.15) is 5.10 Å². The average molecular weight is 311 g/mol. The summed E-state index contributed by atoms with van der Waals surface area (Å²) in [5.41, 5.74) is 10.6. The SMILES string of the molecule is Cc1cn(N=Cc2ccc3c(c2)C(C)CC(C)(C)N3C)c(N)n1. The Morgan fingerprint density at radius 3 is 2.78 bits per heavy atom. The zero-order chi connectivity index (χ0) is 16.8. The molecule has 1 aromatic heterocycles. The summed E-state index contributed by atoms with van der Waals surface area (Å²) in [4.78, 5) is 6.53. The van der Waals surface area contributed by atoms with E-state index in [1.807, 2.05) is 19.3 Å². The van der Waals surface area contributed by atoms with E-state index < -0.39 is 0 Å². The summed E-state index contributed by atoms with van der Waals surface area (Å²) >= 11 is 0. The predicted octanol–water partition coefficient (Wildman–Crippen LogP) is 3.38. The third kappa shape index (κ3) is 2.83. The Labute approximate surface area is 137 Å². The number of rotatable bonds is 2. The van der Waals surface area contributed by atoms with E-state index >= 15 is 0 Å². The van der Waals surface area contributed by atoms with Gasteiger partial charge in [-0.3, -0.25) is 0 Å². The van der Waals surface area contributed by atoms with Crippen LogP contribution < -0.4 is 10.6 Å². The second-order valence-electron chi connectivity index (χ2n) is 7.12. The minimum Gasteiger partial charge on any atom is -0.369 e. The number of benzene rings is 1. The number of aryl methyl sites for hydroxylation is 1. The van der Waals surface area contributed by atoms with Crippen molar-refractivity contribution in [1.29, 1.82) is 0 Å². The molecule has 2 N–H and O–H groups in total. The maximum Gasteiger partial charge on any atom is 0.221 e. The number of fused-ring (bicyclic) bond motifs is 1. The fourth-order valence-electron chi connectivity index (χ4n) is 3.40. The Bertz CT molecular complexity index is 757. The average Bonchev–Trinajstić information content (AvgIpc) is 2.80. The lowest BCUT2D eigenvalue weighted by Gasteiger charge is -2.45. The van der Waals surface area contributed by atoms with Crippen LogP contribution in [-0.4, -0.2) is 28.5 Å². The summed E-state index contributed by atoms with van der Waals surface area (Å²) in [6, 6.07) is 6.53. The van der Waals surface area contributed by atoms with E-state index in [0.717, 1.165) is 17.7 Å². The van der Waals surface area contributed by atoms with Crippen molar-refractivity contribution in [3.63, 3.8) is 0 Å². The van der Waals surface area contributed by atoms with E-state index in [-0.39, 0.29) is 5.54 Å². The fourth-order valence-corrected chi connectivity index (χ4v) is 3.40. The molecule has 0 fully saturated rings. The third-order valence-electron chi connectivity index (χ3n) is 4.82. The molecule has 5 heteroatoms. The van der Waals surface area contributed by atoms with Gasteiger partial charge in [0.25, 0.3) is 0 Å². The lowest BCUT2D eigenvalue weighted by atomic mass is 9.80. The molecule has 0 aliphatic carbocycles. The molecular formula is C18H25N5. The van der Waals surface area contributed by atoms with E-state index in [1.165, 1.54) is 11.3 Å². The number of aromatic nitrogens is 2. The van der Waals surface area contributed by atoms with Crippen LogP contribution in [0.25, 0.3) is 0 Å². The summed E-state index contributed by atoms with van der Waals surface area (Å²) < 4.78 is 1.60. The van der Waals surface area contributed by atoms with Gasteiger partial charge in [0.1, 0.15) is 0 Å². The smallest absolute Gasteiger partial charge is 0.221 e. The molecule has 0 saturated heterocycles. The first-order chi connectivity index (χ1) is 10.8. The Balaban J connectivity index is 1.92. The van der Waals surface area contributed by atoms with Crippen LogP contribution in [0, 0.1) is 6.92 Å². The van der Waals surface area contributed by atoms with Gasteiger partial charge in [-0.1, -0.05) is 13.0 Å². The van der Waals surface area contributed by atoms with Gasteiger partial charge < -0.3 is 10.6 Å². The van der Waals surface area contributed by atoms with Crippen molar-refractivity contribution in [1.82, 2.24) is 9.66 Å². The van der Waals surface area contributed by atoms with Crippen LogP contribution in [0.1, 0.15) is 49.9 Å². The van der Waals surface area contributed by atoms with E-state index in [2.05, 4.69) is 61.0 Å². The molecule has 23 heavy (non-hydrogen) atoms. The van der Waals surface area contributed by atoms with Crippen molar-refractivity contribution in [3.05, 3.63) is 41.2 Å². The zero-order valence-corrected chi connectivity index (χ0v) is 14.5. The number of imidazole rings is 1. The monoisotopic (exact) mass is 311 g/mol. The summed E-state index contributed by atoms with van der Waals surface area (Å²) in [6.07, 6.45) is 4.80. The molecule has 3 rings (SSSR count). The number of nitrogen functional groups attached to an aromatic ring is 1. The van der Waals surface area contributed by atoms with Crippen molar-refractivity contribution < 1.29 is 0 Å². The quantitative estimate of drug-likeness (QED) is 0.865. The van der Waals surface area contributed by atoms with E-state index in [9.17, 15) is 0 Å². The maximum absolute atomic E-state index is 5.82. The number of anilines is 2. The maximum atomic E-state index is 5.82. The topological polar surface area (TPSA) is 59.4 Å².